The molecule has 0 saturated carbocycles. The Balaban J connectivity index is -0.0000000369. The molecule has 8 N–H and O–H groups in total. The summed E-state index contributed by atoms with van der Waals surface area (Å²) in [6.45, 7) is 0. The molecule has 0 rings (SSSR count). The van der Waals surface area contributed by atoms with Gasteiger partial charge in [0.15, 0.2) is 0 Å². The fraction of sp³-hybridized carbons (Fsp3) is 1.00. The molecule has 0 heterocycles. The Hall–Kier alpha value is -1.53. The van der Waals surface area contributed by atoms with Gasteiger partial charge in [-0.3, -0.25) is 17.8 Å². The van der Waals surface area contributed by atoms with Crippen molar-refractivity contribution in [2.45, 2.75) is 7.43 Å². The molecule has 0 spiro atoms. The molecule has 0 aromatic heterocycles. The molecule has 0 aliphatic rings. The number of hydrogen-bond acceptors (Lipinski definition) is 4. The molecule has 0 radical (unpaired) electrons. The summed E-state index contributed by atoms with van der Waals surface area (Å²) < 4.78 is 35.0. The van der Waals surface area contributed by atoms with E-state index in [0.29, 0.717) is 0 Å². The van der Waals surface area contributed by atoms with E-state index >= 15 is 0 Å². The highest BCUT2D eigenvalue weighted by molar-refractivity contribution is 6.22. The fourth-order valence-electron chi connectivity index (χ4n) is 0. The lowest BCUT2D eigenvalue weighted by molar-refractivity contribution is 0.328. The molecule has 17 heavy (non-hydrogen) atoms. The zero-order chi connectivity index (χ0) is 14.3. The van der Waals surface area contributed by atoms with Crippen LogP contribution in [0.2, 0.25) is 0 Å². The van der Waals surface area contributed by atoms with Crippen LogP contribution in [0.25, 0.3) is 0 Å². The van der Waals surface area contributed by atoms with Crippen molar-refractivity contribution in [2.24, 2.45) is 0 Å². The van der Waals surface area contributed by atoms with Crippen molar-refractivity contribution in [2.75, 3.05) is 0 Å². The maximum atomic E-state index is 8.74. The van der Waals surface area contributed by atoms with Crippen molar-refractivity contribution >= 4 is 36.7 Å². The second-order valence-corrected chi connectivity index (χ2v) is 3.39. The molecule has 12 nitrogen and oxygen atoms in total. The Labute approximate surface area is 101 Å². The van der Waals surface area contributed by atoms with Crippen LogP contribution in [0.4, 0.5) is 0 Å². The first kappa shape index (κ1) is 29.5. The summed E-state index contributed by atoms with van der Waals surface area (Å²) in [7, 11) is -12.5. The van der Waals surface area contributed by atoms with Crippen molar-refractivity contribution in [3.05, 3.63) is 0 Å². The third-order valence-electron chi connectivity index (χ3n) is 0. The summed E-state index contributed by atoms with van der Waals surface area (Å²) in [5.41, 5.74) is 0. The maximum absolute atomic E-state index is 8.74. The highest BCUT2D eigenvalue weighted by atomic mass is 28.3. The molecule has 0 aliphatic carbocycles. The van der Waals surface area contributed by atoms with Gasteiger partial charge in [-0.15, -0.1) is 0 Å². The van der Waals surface area contributed by atoms with E-state index < -0.39 is 36.7 Å². The highest BCUT2D eigenvalue weighted by Crippen LogP contribution is 1.28. The van der Waals surface area contributed by atoms with Gasteiger partial charge in [-0.25, -0.2) is 0 Å². The van der Waals surface area contributed by atoms with Crippen LogP contribution in [0.5, 0.6) is 0 Å². The summed E-state index contributed by atoms with van der Waals surface area (Å²) in [5, 5.41) is 0. The van der Waals surface area contributed by atoms with Crippen LogP contribution in [0.3, 0.4) is 0 Å². The van der Waals surface area contributed by atoms with Gasteiger partial charge >= 0.3 is 36.7 Å². The number of rotatable bonds is 0. The Kier molecular flexibility index (Phi) is 41.6. The summed E-state index contributed by atoms with van der Waals surface area (Å²) in [4.78, 5) is 57.3. The highest BCUT2D eigenvalue weighted by Gasteiger charge is 1.86. The molecule has 0 unspecified atom stereocenters. The van der Waals surface area contributed by atoms with E-state index in [0.717, 1.165) is 0 Å². The minimum atomic E-state index is -3.13. The van der Waals surface area contributed by atoms with Crippen molar-refractivity contribution < 1.29 is 56.2 Å². The first-order valence-electron chi connectivity index (χ1n) is 2.61. The smallest absolute Gasteiger partial charge is 0.511 e. The van der Waals surface area contributed by atoms with Gasteiger partial charge in [0.25, 0.3) is 0 Å². The van der Waals surface area contributed by atoms with E-state index in [1.807, 2.05) is 0 Å². The molecule has 0 aromatic rings. The first-order valence-corrected chi connectivity index (χ1v) is 7.82. The van der Waals surface area contributed by atoms with Crippen LogP contribution in [0, 0.1) is 0 Å². The Morgan fingerprint density at radius 1 is 0.412 bits per heavy atom. The summed E-state index contributed by atoms with van der Waals surface area (Å²) in [5.74, 6) is 0. The lowest BCUT2D eigenvalue weighted by Crippen LogP contribution is -1.90. The van der Waals surface area contributed by atoms with Gasteiger partial charge in [0, 0.05) is 0 Å². The fourth-order valence-corrected chi connectivity index (χ4v) is 0. The average Bonchev–Trinajstić information content (AvgIpc) is 1.76. The molecular formula is CH12O12Si4. The minimum absolute atomic E-state index is 0. The van der Waals surface area contributed by atoms with Crippen molar-refractivity contribution in [1.29, 1.82) is 0 Å². The lowest BCUT2D eigenvalue weighted by Gasteiger charge is -1.55. The monoisotopic (exact) mass is 328 g/mol. The average molecular weight is 328 g/mol. The Bertz CT molecular complexity index is 159. The van der Waals surface area contributed by atoms with Crippen LogP contribution in [-0.2, 0) is 17.8 Å². The molecule has 104 valence electrons. The second-order valence-electron chi connectivity index (χ2n) is 1.13. The predicted molar refractivity (Wildman–Crippen MR) is 50.2 cm³/mol. The van der Waals surface area contributed by atoms with Crippen molar-refractivity contribution in [1.82, 2.24) is 0 Å². The van der Waals surface area contributed by atoms with E-state index in [4.69, 9.17) is 56.2 Å². The van der Waals surface area contributed by atoms with Crippen LogP contribution >= 0.6 is 0 Å². The normalized spacial score (nSPS) is 5.65. The van der Waals surface area contributed by atoms with E-state index in [9.17, 15) is 0 Å². The van der Waals surface area contributed by atoms with E-state index in [1.165, 1.54) is 0 Å². The quantitative estimate of drug-likeness (QED) is 0.194. The predicted octanol–water partition coefficient (Wildman–Crippen LogP) is -5.82. The van der Waals surface area contributed by atoms with E-state index in [2.05, 4.69) is 0 Å². The van der Waals surface area contributed by atoms with Gasteiger partial charge in [0.2, 0.25) is 0 Å². The summed E-state index contributed by atoms with van der Waals surface area (Å²) in [6.07, 6.45) is 0. The van der Waals surface area contributed by atoms with Crippen LogP contribution < -0.4 is 0 Å². The van der Waals surface area contributed by atoms with Crippen LogP contribution in [-0.4, -0.2) is 75.0 Å². The molecule has 0 aliphatic heterocycles. The molecule has 0 fully saturated rings. The van der Waals surface area contributed by atoms with E-state index in [-0.39, 0.29) is 7.43 Å². The Morgan fingerprint density at radius 2 is 0.412 bits per heavy atom. The van der Waals surface area contributed by atoms with Gasteiger partial charge in [0.1, 0.15) is 0 Å². The molecular weight excluding hydrogens is 316 g/mol. The van der Waals surface area contributed by atoms with Gasteiger partial charge in [-0.2, -0.15) is 0 Å². The van der Waals surface area contributed by atoms with E-state index in [1.54, 1.807) is 0 Å². The summed E-state index contributed by atoms with van der Waals surface area (Å²) in [6, 6.07) is 0. The maximum Gasteiger partial charge on any atom is 0.761 e. The molecule has 0 saturated heterocycles. The van der Waals surface area contributed by atoms with Gasteiger partial charge in [0.05, 0.1) is 0 Å². The summed E-state index contributed by atoms with van der Waals surface area (Å²) >= 11 is 0. The van der Waals surface area contributed by atoms with Gasteiger partial charge in [-0.05, 0) is 0 Å². The van der Waals surface area contributed by atoms with Crippen molar-refractivity contribution in [3.63, 3.8) is 0 Å². The van der Waals surface area contributed by atoms with Crippen molar-refractivity contribution in [3.8, 4) is 0 Å². The third kappa shape index (κ3) is 958. The topological polar surface area (TPSA) is 230 Å². The molecule has 0 bridgehead atoms. The van der Waals surface area contributed by atoms with Gasteiger partial charge < -0.3 is 38.4 Å². The lowest BCUT2D eigenvalue weighted by atomic mass is 12.0. The minimum Gasteiger partial charge on any atom is -0.511 e. The zero-order valence-electron chi connectivity index (χ0n) is 7.21. The van der Waals surface area contributed by atoms with Crippen LogP contribution in [0.15, 0.2) is 0 Å². The molecule has 16 heteroatoms. The van der Waals surface area contributed by atoms with Gasteiger partial charge in [-0.1, -0.05) is 7.43 Å². The molecule has 0 atom stereocenters. The molecule has 0 amide bonds. The standard InChI is InChI=1S/CH4.4H2O3Si/c;4*1-4(2)3/h1H4;4*1-2H. The SMILES string of the molecule is C.O=[Si](O)O.O=[Si](O)O.O=[Si](O)O.O=[Si](O)O. The third-order valence-corrected chi connectivity index (χ3v) is 0. The first-order chi connectivity index (χ1) is 6.93. The Morgan fingerprint density at radius 3 is 0.412 bits per heavy atom. The molecule has 0 aromatic carbocycles. The number of hydrogen-bond donors (Lipinski definition) is 8. The second kappa shape index (κ2) is 23.9. The van der Waals surface area contributed by atoms with Crippen LogP contribution in [0.1, 0.15) is 7.43 Å². The zero-order valence-corrected chi connectivity index (χ0v) is 11.2. The largest absolute Gasteiger partial charge is 0.761 e.